The SMILES string of the molecule is Cn1cc2c(c1C(=O)Nc1ccc(F)c(F)c1)OCC(CCN)(CC1CC1)NS2(=O)=O. The van der Waals surface area contributed by atoms with Crippen LogP contribution in [0.25, 0.3) is 0 Å². The number of nitrogens with two attached hydrogens (primary N) is 1. The lowest BCUT2D eigenvalue weighted by molar-refractivity contribution is 0.101. The normalized spacial score (nSPS) is 22.3. The van der Waals surface area contributed by atoms with Crippen LogP contribution >= 0.6 is 0 Å². The number of anilines is 1. The zero-order valence-electron chi connectivity index (χ0n) is 17.0. The van der Waals surface area contributed by atoms with E-state index >= 15 is 0 Å². The number of rotatable bonds is 6. The lowest BCUT2D eigenvalue weighted by atomic mass is 9.91. The molecule has 2 heterocycles. The Balaban J connectivity index is 1.67. The molecule has 1 saturated carbocycles. The maximum absolute atomic E-state index is 13.5. The first-order valence-corrected chi connectivity index (χ1v) is 11.4. The predicted octanol–water partition coefficient (Wildman–Crippen LogP) is 2.11. The van der Waals surface area contributed by atoms with Gasteiger partial charge in [0, 0.05) is 25.0 Å². The van der Waals surface area contributed by atoms with Crippen molar-refractivity contribution in [3.05, 3.63) is 41.7 Å². The molecule has 0 bridgehead atoms. The maximum Gasteiger partial charge on any atom is 0.276 e. The van der Waals surface area contributed by atoms with Gasteiger partial charge in [-0.05, 0) is 37.4 Å². The van der Waals surface area contributed by atoms with Gasteiger partial charge in [0.2, 0.25) is 10.0 Å². The summed E-state index contributed by atoms with van der Waals surface area (Å²) in [7, 11) is -2.48. The van der Waals surface area contributed by atoms with Gasteiger partial charge in [-0.1, -0.05) is 12.8 Å². The fourth-order valence-corrected chi connectivity index (χ4v) is 5.61. The molecule has 4 rings (SSSR count). The lowest BCUT2D eigenvalue weighted by Gasteiger charge is -2.32. The minimum atomic E-state index is -3.99. The fraction of sp³-hybridized carbons (Fsp3) is 0.450. The van der Waals surface area contributed by atoms with Crippen molar-refractivity contribution in [3.63, 3.8) is 0 Å². The van der Waals surface area contributed by atoms with Gasteiger partial charge in [-0.15, -0.1) is 0 Å². The molecule has 2 aromatic rings. The van der Waals surface area contributed by atoms with Crippen LogP contribution in [0.5, 0.6) is 5.75 Å². The summed E-state index contributed by atoms with van der Waals surface area (Å²) in [5.74, 6) is -2.53. The molecule has 8 nitrogen and oxygen atoms in total. The third kappa shape index (κ3) is 4.30. The summed E-state index contributed by atoms with van der Waals surface area (Å²) in [4.78, 5) is 12.7. The van der Waals surface area contributed by atoms with Gasteiger partial charge in [0.25, 0.3) is 5.91 Å². The molecule has 1 aromatic heterocycles. The van der Waals surface area contributed by atoms with Gasteiger partial charge in [-0.2, -0.15) is 0 Å². The second-order valence-electron chi connectivity index (χ2n) is 8.23. The molecule has 31 heavy (non-hydrogen) atoms. The van der Waals surface area contributed by atoms with Crippen LogP contribution in [0.2, 0.25) is 0 Å². The predicted molar refractivity (Wildman–Crippen MR) is 109 cm³/mol. The molecule has 1 fully saturated rings. The Bertz CT molecular complexity index is 1130. The Labute approximate surface area is 178 Å². The van der Waals surface area contributed by atoms with E-state index < -0.39 is 33.1 Å². The second-order valence-corrected chi connectivity index (χ2v) is 9.88. The monoisotopic (exact) mass is 454 g/mol. The molecule has 168 valence electrons. The first kappa shape index (κ1) is 21.7. The van der Waals surface area contributed by atoms with E-state index in [4.69, 9.17) is 10.5 Å². The number of amides is 1. The molecule has 1 amide bonds. The smallest absolute Gasteiger partial charge is 0.276 e. The fourth-order valence-electron chi connectivity index (χ4n) is 3.99. The Morgan fingerprint density at radius 3 is 2.74 bits per heavy atom. The zero-order chi connectivity index (χ0) is 22.4. The average Bonchev–Trinajstić information content (AvgIpc) is 3.43. The summed E-state index contributed by atoms with van der Waals surface area (Å²) in [6.07, 6.45) is 4.37. The van der Waals surface area contributed by atoms with E-state index in [1.807, 2.05) is 0 Å². The average molecular weight is 454 g/mol. The topological polar surface area (TPSA) is 115 Å². The number of halogens is 2. The molecule has 0 radical (unpaired) electrons. The van der Waals surface area contributed by atoms with Gasteiger partial charge in [-0.25, -0.2) is 21.9 Å². The van der Waals surface area contributed by atoms with Gasteiger partial charge < -0.3 is 20.4 Å². The highest BCUT2D eigenvalue weighted by molar-refractivity contribution is 7.89. The highest BCUT2D eigenvalue weighted by Crippen LogP contribution is 2.41. The van der Waals surface area contributed by atoms with Crippen molar-refractivity contribution in [3.8, 4) is 5.75 Å². The number of ether oxygens (including phenoxy) is 1. The van der Waals surface area contributed by atoms with Crippen molar-refractivity contribution in [2.75, 3.05) is 18.5 Å². The number of hydrogen-bond acceptors (Lipinski definition) is 5. The van der Waals surface area contributed by atoms with Crippen LogP contribution in [-0.4, -0.2) is 37.6 Å². The number of sulfonamides is 1. The zero-order valence-corrected chi connectivity index (χ0v) is 17.8. The summed E-state index contributed by atoms with van der Waals surface area (Å²) >= 11 is 0. The van der Waals surface area contributed by atoms with Crippen molar-refractivity contribution in [2.24, 2.45) is 18.7 Å². The minimum Gasteiger partial charge on any atom is -0.488 e. The number of carbonyl (C=O) groups excluding carboxylic acids is 1. The number of benzene rings is 1. The molecule has 2 aliphatic rings. The van der Waals surface area contributed by atoms with Gasteiger partial charge in [0.1, 0.15) is 11.5 Å². The third-order valence-corrected chi connectivity index (χ3v) is 7.20. The molecule has 11 heteroatoms. The van der Waals surface area contributed by atoms with Crippen molar-refractivity contribution in [2.45, 2.75) is 36.1 Å². The standard InChI is InChI=1S/C20H24F2N4O4S/c1-26-10-16-18(17(26)19(27)24-13-4-5-14(21)15(22)8-13)30-11-20(6-7-23,9-12-2-3-12)25-31(16,28)29/h4-5,8,10,12,25H,2-3,6-7,9,11,23H2,1H3,(H,24,27). The molecule has 1 atom stereocenters. The number of hydrogen-bond donors (Lipinski definition) is 3. The van der Waals surface area contributed by atoms with E-state index in [-0.39, 0.29) is 35.2 Å². The van der Waals surface area contributed by atoms with E-state index in [2.05, 4.69) is 10.0 Å². The Morgan fingerprint density at radius 2 is 2.10 bits per heavy atom. The number of aryl methyl sites for hydroxylation is 1. The molecule has 1 unspecified atom stereocenters. The van der Waals surface area contributed by atoms with Crippen LogP contribution in [-0.2, 0) is 17.1 Å². The number of fused-ring (bicyclic) bond motifs is 1. The quantitative estimate of drug-likeness (QED) is 0.618. The molecule has 0 spiro atoms. The molecular weight excluding hydrogens is 430 g/mol. The van der Waals surface area contributed by atoms with Crippen LogP contribution in [0.4, 0.5) is 14.5 Å². The molecule has 4 N–H and O–H groups in total. The van der Waals surface area contributed by atoms with E-state index in [1.54, 1.807) is 0 Å². The van der Waals surface area contributed by atoms with Crippen LogP contribution in [0, 0.1) is 17.6 Å². The Kier molecular flexibility index (Phi) is 5.52. The number of aromatic nitrogens is 1. The lowest BCUT2D eigenvalue weighted by Crippen LogP contribution is -2.52. The molecular formula is C20H24F2N4O4S. The number of carbonyl (C=O) groups is 1. The maximum atomic E-state index is 13.5. The van der Waals surface area contributed by atoms with Crippen LogP contribution in [0.3, 0.4) is 0 Å². The van der Waals surface area contributed by atoms with E-state index in [9.17, 15) is 22.0 Å². The first-order chi connectivity index (χ1) is 14.6. The van der Waals surface area contributed by atoms with Crippen molar-refractivity contribution in [1.29, 1.82) is 0 Å². The minimum absolute atomic E-state index is 0.0275. The summed E-state index contributed by atoms with van der Waals surface area (Å²) in [5.41, 5.74) is 4.89. The van der Waals surface area contributed by atoms with Crippen molar-refractivity contribution < 1.29 is 26.7 Å². The molecule has 1 aliphatic carbocycles. The second kappa shape index (κ2) is 7.88. The van der Waals surface area contributed by atoms with Gasteiger partial charge >= 0.3 is 0 Å². The molecule has 0 saturated heterocycles. The number of nitrogens with one attached hydrogen (secondary N) is 2. The summed E-state index contributed by atoms with van der Waals surface area (Å²) in [6.45, 7) is 0.308. The summed E-state index contributed by atoms with van der Waals surface area (Å²) in [6, 6.07) is 2.94. The van der Waals surface area contributed by atoms with Crippen LogP contribution < -0.4 is 20.5 Å². The van der Waals surface area contributed by atoms with Crippen molar-refractivity contribution in [1.82, 2.24) is 9.29 Å². The highest BCUT2D eigenvalue weighted by Gasteiger charge is 2.45. The van der Waals surface area contributed by atoms with E-state index in [0.717, 1.165) is 25.0 Å². The van der Waals surface area contributed by atoms with Crippen LogP contribution in [0.1, 0.15) is 36.2 Å². The van der Waals surface area contributed by atoms with Gasteiger partial charge in [0.15, 0.2) is 23.1 Å². The van der Waals surface area contributed by atoms with E-state index in [0.29, 0.717) is 18.8 Å². The first-order valence-electron chi connectivity index (χ1n) is 9.97. The Morgan fingerprint density at radius 1 is 1.35 bits per heavy atom. The van der Waals surface area contributed by atoms with Gasteiger partial charge in [-0.3, -0.25) is 4.79 Å². The largest absolute Gasteiger partial charge is 0.488 e. The van der Waals surface area contributed by atoms with Crippen molar-refractivity contribution >= 4 is 21.6 Å². The number of nitrogens with zero attached hydrogens (tertiary/aromatic N) is 1. The van der Waals surface area contributed by atoms with E-state index in [1.165, 1.54) is 23.9 Å². The summed E-state index contributed by atoms with van der Waals surface area (Å²) < 4.78 is 63.0. The highest BCUT2D eigenvalue weighted by atomic mass is 32.2. The molecule has 1 aromatic carbocycles. The summed E-state index contributed by atoms with van der Waals surface area (Å²) in [5, 5.41) is 2.46. The third-order valence-electron chi connectivity index (χ3n) is 5.63. The molecule has 1 aliphatic heterocycles. The Hall–Kier alpha value is -2.50. The van der Waals surface area contributed by atoms with Gasteiger partial charge in [0.05, 0.1) is 5.54 Å². The van der Waals surface area contributed by atoms with Crippen LogP contribution in [0.15, 0.2) is 29.3 Å².